The zero-order valence-corrected chi connectivity index (χ0v) is 18.4. The normalized spacial score (nSPS) is 15.4. The highest BCUT2D eigenvalue weighted by atomic mass is 16.5. The smallest absolute Gasteiger partial charge is 0.338 e. The molecule has 1 heterocycles. The molecular formula is C27H26N2O4. The van der Waals surface area contributed by atoms with Crippen LogP contribution >= 0.6 is 0 Å². The van der Waals surface area contributed by atoms with Gasteiger partial charge in [-0.15, -0.1) is 0 Å². The van der Waals surface area contributed by atoms with Crippen molar-refractivity contribution in [2.24, 2.45) is 0 Å². The van der Waals surface area contributed by atoms with Crippen LogP contribution in [0.3, 0.4) is 0 Å². The summed E-state index contributed by atoms with van der Waals surface area (Å²) in [4.78, 5) is 25.0. The van der Waals surface area contributed by atoms with Gasteiger partial charge in [0.1, 0.15) is 12.4 Å². The number of carbonyl (C=O) groups is 2. The van der Waals surface area contributed by atoms with Gasteiger partial charge in [0, 0.05) is 12.1 Å². The molecule has 0 aliphatic carbocycles. The standard InChI is InChI=1S/C27H26N2O4/c1-19-24(26(30)32-17-16-20-8-4-2-5-9-20)25(29-27(31)28-19)22-12-14-23(15-13-22)33-18-21-10-6-3-7-11-21/h2-15,25H,16-18H2,1H3,(H2,28,29,31)/t25-/m0/s1. The molecule has 3 aromatic carbocycles. The second-order valence-corrected chi connectivity index (χ2v) is 7.78. The van der Waals surface area contributed by atoms with E-state index in [1.165, 1.54) is 0 Å². The van der Waals surface area contributed by atoms with Crippen molar-refractivity contribution < 1.29 is 19.1 Å². The molecule has 33 heavy (non-hydrogen) atoms. The summed E-state index contributed by atoms with van der Waals surface area (Å²) in [7, 11) is 0. The molecule has 6 nitrogen and oxygen atoms in total. The summed E-state index contributed by atoms with van der Waals surface area (Å²) in [5, 5.41) is 5.50. The Morgan fingerprint density at radius 1 is 0.879 bits per heavy atom. The van der Waals surface area contributed by atoms with E-state index in [0.29, 0.717) is 30.0 Å². The van der Waals surface area contributed by atoms with Gasteiger partial charge in [-0.25, -0.2) is 9.59 Å². The predicted octanol–water partition coefficient (Wildman–Crippen LogP) is 4.68. The number of esters is 1. The number of benzene rings is 3. The van der Waals surface area contributed by atoms with Crippen molar-refractivity contribution in [3.05, 3.63) is 113 Å². The van der Waals surface area contributed by atoms with E-state index < -0.39 is 12.0 Å². The van der Waals surface area contributed by atoms with E-state index in [1.54, 1.807) is 6.92 Å². The van der Waals surface area contributed by atoms with Gasteiger partial charge in [-0.05, 0) is 35.7 Å². The molecule has 0 aromatic heterocycles. The highest BCUT2D eigenvalue weighted by molar-refractivity contribution is 5.95. The number of urea groups is 1. The third kappa shape index (κ3) is 5.80. The Kier molecular flexibility index (Phi) is 7.05. The Morgan fingerprint density at radius 3 is 2.18 bits per heavy atom. The van der Waals surface area contributed by atoms with E-state index in [2.05, 4.69) is 10.6 Å². The summed E-state index contributed by atoms with van der Waals surface area (Å²) in [5.74, 6) is 0.251. The van der Waals surface area contributed by atoms with Crippen LogP contribution in [0.15, 0.2) is 96.2 Å². The molecule has 0 saturated carbocycles. The minimum absolute atomic E-state index is 0.257. The molecule has 2 amide bonds. The molecule has 0 spiro atoms. The van der Waals surface area contributed by atoms with Crippen LogP contribution in [0.1, 0.15) is 29.7 Å². The molecule has 0 radical (unpaired) electrons. The lowest BCUT2D eigenvalue weighted by Gasteiger charge is -2.28. The largest absolute Gasteiger partial charge is 0.489 e. The summed E-state index contributed by atoms with van der Waals surface area (Å²) >= 11 is 0. The summed E-state index contributed by atoms with van der Waals surface area (Å²) in [6.07, 6.45) is 0.622. The first-order valence-corrected chi connectivity index (χ1v) is 10.9. The van der Waals surface area contributed by atoms with Gasteiger partial charge in [0.2, 0.25) is 0 Å². The fourth-order valence-corrected chi connectivity index (χ4v) is 3.70. The number of amides is 2. The molecule has 6 heteroatoms. The number of hydrogen-bond donors (Lipinski definition) is 2. The molecule has 0 saturated heterocycles. The summed E-state index contributed by atoms with van der Waals surface area (Å²) < 4.78 is 11.4. The molecule has 2 N–H and O–H groups in total. The number of nitrogens with one attached hydrogen (secondary N) is 2. The Hall–Kier alpha value is -4.06. The van der Waals surface area contributed by atoms with Crippen LogP contribution in [0.4, 0.5) is 4.79 Å². The van der Waals surface area contributed by atoms with Crippen molar-refractivity contribution in [2.75, 3.05) is 6.61 Å². The Morgan fingerprint density at radius 2 is 1.52 bits per heavy atom. The lowest BCUT2D eigenvalue weighted by Crippen LogP contribution is -2.45. The van der Waals surface area contributed by atoms with Crippen molar-refractivity contribution in [2.45, 2.75) is 26.0 Å². The lowest BCUT2D eigenvalue weighted by atomic mass is 9.95. The summed E-state index contributed by atoms with van der Waals surface area (Å²) in [6.45, 7) is 2.42. The van der Waals surface area contributed by atoms with E-state index in [-0.39, 0.29) is 12.6 Å². The first-order chi connectivity index (χ1) is 16.1. The van der Waals surface area contributed by atoms with Crippen molar-refractivity contribution in [3.8, 4) is 5.75 Å². The summed E-state index contributed by atoms with van der Waals surface area (Å²) in [5.41, 5.74) is 3.81. The molecule has 168 valence electrons. The fraction of sp³-hybridized carbons (Fsp3) is 0.185. The fourth-order valence-electron chi connectivity index (χ4n) is 3.70. The van der Waals surface area contributed by atoms with Gasteiger partial charge in [-0.3, -0.25) is 0 Å². The van der Waals surface area contributed by atoms with Crippen LogP contribution in [0, 0.1) is 0 Å². The van der Waals surface area contributed by atoms with Gasteiger partial charge in [0.25, 0.3) is 0 Å². The number of allylic oxidation sites excluding steroid dienone is 1. The molecule has 0 unspecified atom stereocenters. The number of ether oxygens (including phenoxy) is 2. The Balaban J connectivity index is 1.43. The van der Waals surface area contributed by atoms with Gasteiger partial charge < -0.3 is 20.1 Å². The Labute approximate surface area is 193 Å². The topological polar surface area (TPSA) is 76.7 Å². The minimum atomic E-state index is -0.605. The highest BCUT2D eigenvalue weighted by Gasteiger charge is 2.32. The predicted molar refractivity (Wildman–Crippen MR) is 125 cm³/mol. The number of hydrogen-bond acceptors (Lipinski definition) is 4. The highest BCUT2D eigenvalue weighted by Crippen LogP contribution is 2.29. The quantitative estimate of drug-likeness (QED) is 0.497. The molecular weight excluding hydrogens is 416 g/mol. The minimum Gasteiger partial charge on any atom is -0.489 e. The molecule has 3 aromatic rings. The first kappa shape index (κ1) is 22.1. The third-order valence-electron chi connectivity index (χ3n) is 5.42. The Bertz CT molecular complexity index is 1130. The second-order valence-electron chi connectivity index (χ2n) is 7.78. The van der Waals surface area contributed by atoms with Crippen LogP contribution in [0.25, 0.3) is 0 Å². The summed E-state index contributed by atoms with van der Waals surface area (Å²) in [6, 6.07) is 26.1. The van der Waals surface area contributed by atoms with Crippen molar-refractivity contribution in [1.82, 2.24) is 10.6 Å². The lowest BCUT2D eigenvalue weighted by molar-refractivity contribution is -0.139. The van der Waals surface area contributed by atoms with Crippen LogP contribution in [-0.4, -0.2) is 18.6 Å². The molecule has 1 aliphatic rings. The van der Waals surface area contributed by atoms with E-state index >= 15 is 0 Å². The van der Waals surface area contributed by atoms with E-state index in [4.69, 9.17) is 9.47 Å². The third-order valence-corrected chi connectivity index (χ3v) is 5.42. The van der Waals surface area contributed by atoms with Crippen LogP contribution < -0.4 is 15.4 Å². The van der Waals surface area contributed by atoms with E-state index in [0.717, 1.165) is 16.7 Å². The maximum atomic E-state index is 12.9. The van der Waals surface area contributed by atoms with Gasteiger partial charge in [-0.2, -0.15) is 0 Å². The maximum Gasteiger partial charge on any atom is 0.338 e. The average Bonchev–Trinajstić information content (AvgIpc) is 2.84. The number of rotatable bonds is 8. The average molecular weight is 443 g/mol. The van der Waals surface area contributed by atoms with E-state index in [1.807, 2.05) is 84.9 Å². The van der Waals surface area contributed by atoms with Crippen molar-refractivity contribution in [3.63, 3.8) is 0 Å². The van der Waals surface area contributed by atoms with Crippen LogP contribution in [0.5, 0.6) is 5.75 Å². The SMILES string of the molecule is CC1=C(C(=O)OCCc2ccccc2)[C@H](c2ccc(OCc3ccccc3)cc2)NC(=O)N1. The van der Waals surface area contributed by atoms with Crippen LogP contribution in [-0.2, 0) is 22.6 Å². The molecule has 0 bridgehead atoms. The van der Waals surface area contributed by atoms with Crippen molar-refractivity contribution in [1.29, 1.82) is 0 Å². The molecule has 0 fully saturated rings. The monoisotopic (exact) mass is 442 g/mol. The molecule has 1 atom stereocenters. The van der Waals surface area contributed by atoms with Gasteiger partial charge in [-0.1, -0.05) is 72.8 Å². The van der Waals surface area contributed by atoms with E-state index in [9.17, 15) is 9.59 Å². The molecule has 1 aliphatic heterocycles. The first-order valence-electron chi connectivity index (χ1n) is 10.9. The van der Waals surface area contributed by atoms with Gasteiger partial charge in [0.05, 0.1) is 18.2 Å². The second kappa shape index (κ2) is 10.5. The van der Waals surface area contributed by atoms with Gasteiger partial charge in [0.15, 0.2) is 0 Å². The van der Waals surface area contributed by atoms with Crippen molar-refractivity contribution >= 4 is 12.0 Å². The number of carbonyl (C=O) groups excluding carboxylic acids is 2. The van der Waals surface area contributed by atoms with Gasteiger partial charge >= 0.3 is 12.0 Å². The maximum absolute atomic E-state index is 12.9. The zero-order valence-electron chi connectivity index (χ0n) is 18.4. The zero-order chi connectivity index (χ0) is 23.0. The molecule has 4 rings (SSSR count). The van der Waals surface area contributed by atoms with Crippen LogP contribution in [0.2, 0.25) is 0 Å².